The lowest BCUT2D eigenvalue weighted by molar-refractivity contribution is -0.139. The lowest BCUT2D eigenvalue weighted by Gasteiger charge is -2.15. The minimum absolute atomic E-state index is 0.104. The monoisotopic (exact) mass is 511 g/mol. The van der Waals surface area contributed by atoms with Crippen molar-refractivity contribution in [3.8, 4) is 11.5 Å². The number of amides is 2. The Kier molecular flexibility index (Phi) is 9.48. The largest absolute Gasteiger partial charge is 0.490 e. The molecule has 0 aliphatic heterocycles. The molecule has 2 aromatic carbocycles. The van der Waals surface area contributed by atoms with Crippen LogP contribution in [-0.2, 0) is 16.2 Å². The van der Waals surface area contributed by atoms with Gasteiger partial charge in [-0.3, -0.25) is 9.59 Å². The first-order valence-corrected chi connectivity index (χ1v) is 10.3. The second kappa shape index (κ2) is 12.1. The zero-order valence-corrected chi connectivity index (χ0v) is 18.9. The summed E-state index contributed by atoms with van der Waals surface area (Å²) in [6.07, 6.45) is 2.79. The average molecular weight is 513 g/mol. The quantitative estimate of drug-likeness (QED) is 0.230. The number of rotatable bonds is 9. The van der Waals surface area contributed by atoms with E-state index in [0.29, 0.717) is 28.1 Å². The smallest absolute Gasteiger partial charge is 0.329 e. The first-order valence-electron chi connectivity index (χ1n) is 9.11. The van der Waals surface area contributed by atoms with Gasteiger partial charge in [0.2, 0.25) is 0 Å². The highest BCUT2D eigenvalue weighted by molar-refractivity contribution is 9.10. The predicted molar refractivity (Wildman–Crippen MR) is 120 cm³/mol. The molecule has 0 heterocycles. The Morgan fingerprint density at radius 1 is 1.29 bits per heavy atom. The van der Waals surface area contributed by atoms with E-state index in [2.05, 4.69) is 38.4 Å². The van der Waals surface area contributed by atoms with Gasteiger partial charge >= 0.3 is 11.8 Å². The topological polar surface area (TPSA) is 89.0 Å². The first kappa shape index (κ1) is 24.4. The number of hydrogen-bond acceptors (Lipinski definition) is 5. The normalized spacial score (nSPS) is 10.6. The van der Waals surface area contributed by atoms with E-state index in [-0.39, 0.29) is 23.7 Å². The van der Waals surface area contributed by atoms with Crippen molar-refractivity contribution in [3.05, 3.63) is 69.4 Å². The minimum Gasteiger partial charge on any atom is -0.490 e. The van der Waals surface area contributed by atoms with Gasteiger partial charge in [-0.1, -0.05) is 23.7 Å². The molecule has 2 amide bonds. The van der Waals surface area contributed by atoms with Crippen LogP contribution in [0.1, 0.15) is 18.1 Å². The van der Waals surface area contributed by atoms with Crippen LogP contribution in [0.2, 0.25) is 5.02 Å². The molecule has 0 bridgehead atoms. The number of carbonyl (C=O) groups excluding carboxylic acids is 2. The van der Waals surface area contributed by atoms with Crippen LogP contribution < -0.4 is 20.2 Å². The molecule has 0 saturated carbocycles. The van der Waals surface area contributed by atoms with Crippen molar-refractivity contribution in [2.24, 2.45) is 5.10 Å². The maximum Gasteiger partial charge on any atom is 0.329 e. The Morgan fingerprint density at radius 2 is 2.06 bits per heavy atom. The lowest BCUT2D eigenvalue weighted by Crippen LogP contribution is -2.37. The van der Waals surface area contributed by atoms with Gasteiger partial charge in [0.05, 0.1) is 22.3 Å². The molecular weight excluding hydrogens is 493 g/mol. The van der Waals surface area contributed by atoms with Crippen LogP contribution in [0.25, 0.3) is 0 Å². The van der Waals surface area contributed by atoms with Crippen molar-refractivity contribution in [3.63, 3.8) is 0 Å². The summed E-state index contributed by atoms with van der Waals surface area (Å²) in [5, 5.41) is 6.35. The summed E-state index contributed by atoms with van der Waals surface area (Å²) in [7, 11) is 0. The highest BCUT2D eigenvalue weighted by atomic mass is 79.9. The summed E-state index contributed by atoms with van der Waals surface area (Å²) >= 11 is 9.44. The van der Waals surface area contributed by atoms with Crippen molar-refractivity contribution in [2.45, 2.75) is 13.5 Å². The molecule has 0 saturated heterocycles. The summed E-state index contributed by atoms with van der Waals surface area (Å²) in [5.74, 6) is -1.49. The summed E-state index contributed by atoms with van der Waals surface area (Å²) in [5.41, 5.74) is 2.90. The molecule has 2 aromatic rings. The van der Waals surface area contributed by atoms with Crippen LogP contribution in [0.4, 0.5) is 4.39 Å². The minimum atomic E-state index is -0.913. The van der Waals surface area contributed by atoms with Gasteiger partial charge < -0.3 is 14.8 Å². The van der Waals surface area contributed by atoms with Gasteiger partial charge in [-0.15, -0.1) is 6.58 Å². The molecule has 0 spiro atoms. The third-order valence-electron chi connectivity index (χ3n) is 3.75. The molecule has 0 atom stereocenters. The van der Waals surface area contributed by atoms with E-state index >= 15 is 0 Å². The third-order valence-corrected chi connectivity index (χ3v) is 4.69. The van der Waals surface area contributed by atoms with Gasteiger partial charge in [-0.05, 0) is 52.7 Å². The molecule has 164 valence electrons. The second-order valence-corrected chi connectivity index (χ2v) is 7.21. The Bertz CT molecular complexity index is 981. The second-order valence-electron chi connectivity index (χ2n) is 5.95. The molecule has 10 heteroatoms. The molecule has 31 heavy (non-hydrogen) atoms. The van der Waals surface area contributed by atoms with E-state index < -0.39 is 17.6 Å². The number of benzene rings is 2. The standard InChI is InChI=1S/C21H20BrClFN3O4/c1-3-8-25-20(28)21(29)27-26-11-13-9-15(22)19(18(10-13)30-4-2)31-12-14-16(23)6-5-7-17(14)24/h3,5-7,9-11H,1,4,8,12H2,2H3,(H,25,28)(H,27,29)/b26-11-. The molecule has 0 aliphatic carbocycles. The molecule has 7 nitrogen and oxygen atoms in total. The van der Waals surface area contributed by atoms with Crippen LogP contribution in [0.15, 0.2) is 52.6 Å². The number of hydrazone groups is 1. The summed E-state index contributed by atoms with van der Waals surface area (Å²) in [6, 6.07) is 7.68. The zero-order valence-electron chi connectivity index (χ0n) is 16.6. The fourth-order valence-electron chi connectivity index (χ4n) is 2.34. The van der Waals surface area contributed by atoms with Crippen LogP contribution in [-0.4, -0.2) is 31.2 Å². The molecule has 2 N–H and O–H groups in total. The summed E-state index contributed by atoms with van der Waals surface area (Å²) in [6.45, 7) is 5.66. The van der Waals surface area contributed by atoms with Crippen molar-refractivity contribution in [2.75, 3.05) is 13.2 Å². The van der Waals surface area contributed by atoms with Crippen molar-refractivity contribution in [1.82, 2.24) is 10.7 Å². The van der Waals surface area contributed by atoms with Crippen molar-refractivity contribution >= 4 is 45.6 Å². The molecule has 2 rings (SSSR count). The SMILES string of the molecule is C=CCNC(=O)C(=O)N/N=C\c1cc(Br)c(OCc2c(F)cccc2Cl)c(OCC)c1. The predicted octanol–water partition coefficient (Wildman–Crippen LogP) is 3.97. The Balaban J connectivity index is 2.15. The van der Waals surface area contributed by atoms with Crippen LogP contribution in [0.5, 0.6) is 11.5 Å². The van der Waals surface area contributed by atoms with E-state index in [1.807, 2.05) is 0 Å². The summed E-state index contributed by atoms with van der Waals surface area (Å²) in [4.78, 5) is 23.1. The molecule has 0 radical (unpaired) electrons. The van der Waals surface area contributed by atoms with E-state index in [1.165, 1.54) is 24.4 Å². The maximum atomic E-state index is 14.0. The Morgan fingerprint density at radius 3 is 2.74 bits per heavy atom. The fourth-order valence-corrected chi connectivity index (χ4v) is 3.13. The number of halogens is 3. The van der Waals surface area contributed by atoms with Crippen LogP contribution in [0.3, 0.4) is 0 Å². The van der Waals surface area contributed by atoms with E-state index in [9.17, 15) is 14.0 Å². The van der Waals surface area contributed by atoms with Crippen molar-refractivity contribution in [1.29, 1.82) is 0 Å². The highest BCUT2D eigenvalue weighted by Crippen LogP contribution is 2.37. The molecule has 0 fully saturated rings. The van der Waals surface area contributed by atoms with Gasteiger partial charge in [-0.25, -0.2) is 9.82 Å². The lowest BCUT2D eigenvalue weighted by atomic mass is 10.2. The molecular formula is C21H20BrClFN3O4. The van der Waals surface area contributed by atoms with E-state index in [1.54, 1.807) is 25.1 Å². The van der Waals surface area contributed by atoms with E-state index in [0.717, 1.165) is 0 Å². The van der Waals surface area contributed by atoms with Crippen molar-refractivity contribution < 1.29 is 23.5 Å². The Labute approximate surface area is 192 Å². The zero-order chi connectivity index (χ0) is 22.8. The van der Waals surface area contributed by atoms with Crippen LogP contribution in [0, 0.1) is 5.82 Å². The highest BCUT2D eigenvalue weighted by Gasteiger charge is 2.15. The first-order chi connectivity index (χ1) is 14.9. The number of ether oxygens (including phenoxy) is 2. The maximum absolute atomic E-state index is 14.0. The summed E-state index contributed by atoms with van der Waals surface area (Å²) < 4.78 is 25.9. The van der Waals surface area contributed by atoms with Gasteiger partial charge in [0.25, 0.3) is 0 Å². The number of nitrogens with zero attached hydrogens (tertiary/aromatic N) is 1. The number of hydrogen-bond donors (Lipinski definition) is 2. The average Bonchev–Trinajstić information content (AvgIpc) is 2.73. The number of nitrogens with one attached hydrogen (secondary N) is 2. The van der Waals surface area contributed by atoms with Gasteiger partial charge in [0.1, 0.15) is 12.4 Å². The fraction of sp³-hybridized carbons (Fsp3) is 0.190. The van der Waals surface area contributed by atoms with Gasteiger partial charge in [0.15, 0.2) is 11.5 Å². The van der Waals surface area contributed by atoms with Gasteiger partial charge in [0, 0.05) is 12.1 Å². The Hall–Kier alpha value is -2.91. The third kappa shape index (κ3) is 7.08. The molecule has 0 unspecified atom stereocenters. The molecule has 0 aliphatic rings. The van der Waals surface area contributed by atoms with Crippen LogP contribution >= 0.6 is 27.5 Å². The van der Waals surface area contributed by atoms with E-state index in [4.69, 9.17) is 21.1 Å². The number of carbonyl (C=O) groups is 2. The van der Waals surface area contributed by atoms with Gasteiger partial charge in [-0.2, -0.15) is 5.10 Å². The molecule has 0 aromatic heterocycles.